The van der Waals surface area contributed by atoms with Crippen LogP contribution in [0, 0.1) is 5.92 Å². The summed E-state index contributed by atoms with van der Waals surface area (Å²) in [5.41, 5.74) is 0.356. The Morgan fingerprint density at radius 1 is 1.24 bits per heavy atom. The highest BCUT2D eigenvalue weighted by Crippen LogP contribution is 2.27. The second-order valence-corrected chi connectivity index (χ2v) is 6.11. The van der Waals surface area contributed by atoms with Gasteiger partial charge in [-0.2, -0.15) is 0 Å². The summed E-state index contributed by atoms with van der Waals surface area (Å²) in [6, 6.07) is 1.41. The van der Waals surface area contributed by atoms with Crippen molar-refractivity contribution in [2.45, 2.75) is 78.4 Å². The molecule has 1 heterocycles. The van der Waals surface area contributed by atoms with Gasteiger partial charge >= 0.3 is 0 Å². The van der Waals surface area contributed by atoms with E-state index in [1.165, 1.54) is 25.8 Å². The fraction of sp³-hybridized carbons (Fsp3) is 1.00. The topological polar surface area (TPSA) is 15.3 Å². The normalized spacial score (nSPS) is 27.4. The average Bonchev–Trinajstić information content (AvgIpc) is 2.32. The Morgan fingerprint density at radius 3 is 2.24 bits per heavy atom. The van der Waals surface area contributed by atoms with Gasteiger partial charge < -0.3 is 5.32 Å². The predicted octanol–water partition coefficient (Wildman–Crippen LogP) is 3.27. The first-order chi connectivity index (χ1) is 7.99. The van der Waals surface area contributed by atoms with E-state index in [2.05, 4.69) is 51.8 Å². The SMILES string of the molecule is CCC(C(C)C)N1CC(CC)(CC)NCC1C. The van der Waals surface area contributed by atoms with Crippen LogP contribution in [0.5, 0.6) is 0 Å². The monoisotopic (exact) mass is 240 g/mol. The van der Waals surface area contributed by atoms with Gasteiger partial charge in [0.2, 0.25) is 0 Å². The maximum Gasteiger partial charge on any atom is 0.0304 e. The molecule has 17 heavy (non-hydrogen) atoms. The minimum Gasteiger partial charge on any atom is -0.308 e. The van der Waals surface area contributed by atoms with E-state index < -0.39 is 0 Å². The van der Waals surface area contributed by atoms with E-state index in [1.807, 2.05) is 0 Å². The van der Waals surface area contributed by atoms with Gasteiger partial charge in [-0.15, -0.1) is 0 Å². The van der Waals surface area contributed by atoms with Gasteiger partial charge in [0.05, 0.1) is 0 Å². The summed E-state index contributed by atoms with van der Waals surface area (Å²) in [6.45, 7) is 16.4. The molecule has 2 unspecified atom stereocenters. The lowest BCUT2D eigenvalue weighted by molar-refractivity contribution is 0.0255. The highest BCUT2D eigenvalue weighted by Gasteiger charge is 2.38. The molecule has 2 nitrogen and oxygen atoms in total. The molecular weight excluding hydrogens is 208 g/mol. The molecule has 0 spiro atoms. The largest absolute Gasteiger partial charge is 0.308 e. The van der Waals surface area contributed by atoms with Crippen molar-refractivity contribution in [3.63, 3.8) is 0 Å². The molecule has 102 valence electrons. The van der Waals surface area contributed by atoms with Gasteiger partial charge in [-0.05, 0) is 32.1 Å². The molecule has 1 aliphatic heterocycles. The second-order valence-electron chi connectivity index (χ2n) is 6.11. The summed E-state index contributed by atoms with van der Waals surface area (Å²) in [5, 5.41) is 3.79. The third-order valence-corrected chi connectivity index (χ3v) is 4.79. The van der Waals surface area contributed by atoms with Gasteiger partial charge in [-0.1, -0.05) is 34.6 Å². The van der Waals surface area contributed by atoms with Crippen LogP contribution in [0.3, 0.4) is 0 Å². The Bertz CT molecular complexity index is 221. The summed E-state index contributed by atoms with van der Waals surface area (Å²) < 4.78 is 0. The molecule has 1 saturated heterocycles. The van der Waals surface area contributed by atoms with Crippen LogP contribution in [-0.2, 0) is 0 Å². The molecule has 1 aliphatic rings. The van der Waals surface area contributed by atoms with Crippen LogP contribution in [0.25, 0.3) is 0 Å². The van der Waals surface area contributed by atoms with Crippen LogP contribution in [0.4, 0.5) is 0 Å². The van der Waals surface area contributed by atoms with Crippen molar-refractivity contribution in [3.05, 3.63) is 0 Å². The van der Waals surface area contributed by atoms with Crippen molar-refractivity contribution < 1.29 is 0 Å². The maximum atomic E-state index is 3.79. The van der Waals surface area contributed by atoms with Gasteiger partial charge in [0.15, 0.2) is 0 Å². The molecule has 0 aromatic heterocycles. The molecule has 2 atom stereocenters. The summed E-state index contributed by atoms with van der Waals surface area (Å²) in [4.78, 5) is 2.76. The molecule has 0 bridgehead atoms. The first-order valence-corrected chi connectivity index (χ1v) is 7.50. The Morgan fingerprint density at radius 2 is 1.82 bits per heavy atom. The molecule has 0 amide bonds. The summed E-state index contributed by atoms with van der Waals surface area (Å²) in [7, 11) is 0. The summed E-state index contributed by atoms with van der Waals surface area (Å²) in [5.74, 6) is 0.756. The maximum absolute atomic E-state index is 3.79. The van der Waals surface area contributed by atoms with Gasteiger partial charge in [0.1, 0.15) is 0 Å². The lowest BCUT2D eigenvalue weighted by atomic mass is 9.86. The average molecular weight is 240 g/mol. The van der Waals surface area contributed by atoms with E-state index >= 15 is 0 Å². The molecule has 2 heteroatoms. The lowest BCUT2D eigenvalue weighted by Gasteiger charge is -2.50. The Hall–Kier alpha value is -0.0800. The van der Waals surface area contributed by atoms with Crippen LogP contribution in [0.15, 0.2) is 0 Å². The van der Waals surface area contributed by atoms with Gasteiger partial charge in [0.25, 0.3) is 0 Å². The van der Waals surface area contributed by atoms with Crippen molar-refractivity contribution in [2.24, 2.45) is 5.92 Å². The number of hydrogen-bond acceptors (Lipinski definition) is 2. The number of hydrogen-bond donors (Lipinski definition) is 1. The fourth-order valence-corrected chi connectivity index (χ4v) is 3.30. The first kappa shape index (κ1) is 15.0. The zero-order valence-corrected chi connectivity index (χ0v) is 12.7. The van der Waals surface area contributed by atoms with Crippen molar-refractivity contribution in [2.75, 3.05) is 13.1 Å². The predicted molar refractivity (Wildman–Crippen MR) is 76.4 cm³/mol. The number of rotatable bonds is 5. The van der Waals surface area contributed by atoms with Crippen molar-refractivity contribution in [1.82, 2.24) is 10.2 Å². The van der Waals surface area contributed by atoms with Crippen molar-refractivity contribution in [3.8, 4) is 0 Å². The van der Waals surface area contributed by atoms with Crippen LogP contribution in [-0.4, -0.2) is 35.6 Å². The zero-order chi connectivity index (χ0) is 13.1. The molecule has 0 radical (unpaired) electrons. The summed E-state index contributed by atoms with van der Waals surface area (Å²) >= 11 is 0. The van der Waals surface area contributed by atoms with E-state index in [0.29, 0.717) is 11.6 Å². The quantitative estimate of drug-likeness (QED) is 0.793. The lowest BCUT2D eigenvalue weighted by Crippen LogP contribution is -2.65. The van der Waals surface area contributed by atoms with Gasteiger partial charge in [0, 0.05) is 30.7 Å². The van der Waals surface area contributed by atoms with Crippen LogP contribution < -0.4 is 5.32 Å². The highest BCUT2D eigenvalue weighted by atomic mass is 15.3. The molecule has 0 saturated carbocycles. The molecule has 0 aromatic rings. The Labute approximate surface area is 108 Å². The number of piperazine rings is 1. The van der Waals surface area contributed by atoms with Crippen LogP contribution in [0.2, 0.25) is 0 Å². The third-order valence-electron chi connectivity index (χ3n) is 4.79. The molecule has 0 aromatic carbocycles. The smallest absolute Gasteiger partial charge is 0.0304 e. The Kier molecular flexibility index (Phi) is 5.46. The van der Waals surface area contributed by atoms with Crippen LogP contribution in [0.1, 0.15) is 60.8 Å². The number of nitrogens with zero attached hydrogens (tertiary/aromatic N) is 1. The minimum absolute atomic E-state index is 0.356. The molecule has 1 N–H and O–H groups in total. The first-order valence-electron chi connectivity index (χ1n) is 7.50. The van der Waals surface area contributed by atoms with E-state index in [9.17, 15) is 0 Å². The molecule has 1 rings (SSSR count). The van der Waals surface area contributed by atoms with Gasteiger partial charge in [-0.25, -0.2) is 0 Å². The van der Waals surface area contributed by atoms with E-state index in [1.54, 1.807) is 0 Å². The minimum atomic E-state index is 0.356. The van der Waals surface area contributed by atoms with Gasteiger partial charge in [-0.3, -0.25) is 4.90 Å². The highest BCUT2D eigenvalue weighted by molar-refractivity contribution is 4.97. The Balaban J connectivity index is 2.81. The van der Waals surface area contributed by atoms with E-state index in [-0.39, 0.29) is 0 Å². The molecule has 1 fully saturated rings. The number of nitrogens with one attached hydrogen (secondary N) is 1. The zero-order valence-electron chi connectivity index (χ0n) is 12.7. The fourth-order valence-electron chi connectivity index (χ4n) is 3.30. The van der Waals surface area contributed by atoms with E-state index in [0.717, 1.165) is 18.5 Å². The van der Waals surface area contributed by atoms with Crippen molar-refractivity contribution in [1.29, 1.82) is 0 Å². The second kappa shape index (κ2) is 6.19. The molecular formula is C15H32N2. The van der Waals surface area contributed by atoms with Crippen LogP contribution >= 0.6 is 0 Å². The summed E-state index contributed by atoms with van der Waals surface area (Å²) in [6.07, 6.45) is 3.74. The third kappa shape index (κ3) is 3.23. The van der Waals surface area contributed by atoms with E-state index in [4.69, 9.17) is 0 Å². The standard InChI is InChI=1S/C15H32N2/c1-7-14(12(4)5)17-11-15(8-2,9-3)16-10-13(17)6/h12-14,16H,7-11H2,1-6H3. The van der Waals surface area contributed by atoms with Crippen molar-refractivity contribution >= 4 is 0 Å². The molecule has 0 aliphatic carbocycles.